The maximum Gasteiger partial charge on any atom is 0.240 e. The van der Waals surface area contributed by atoms with Crippen molar-refractivity contribution in [2.24, 2.45) is 4.99 Å². The Bertz CT molecular complexity index is 919. The summed E-state index contributed by atoms with van der Waals surface area (Å²) in [7, 11) is -2.05. The highest BCUT2D eigenvalue weighted by atomic mass is 127. The van der Waals surface area contributed by atoms with Crippen LogP contribution in [0.5, 0.6) is 0 Å². The zero-order valence-electron chi connectivity index (χ0n) is 18.2. The molecule has 1 aromatic carbocycles. The Morgan fingerprint density at radius 1 is 1.23 bits per heavy atom. The van der Waals surface area contributed by atoms with Crippen molar-refractivity contribution >= 4 is 40.0 Å². The second-order valence-corrected chi connectivity index (χ2v) is 8.22. The normalized spacial score (nSPS) is 11.8. The van der Waals surface area contributed by atoms with Crippen molar-refractivity contribution in [1.29, 1.82) is 0 Å². The lowest BCUT2D eigenvalue weighted by Gasteiger charge is -2.12. The van der Waals surface area contributed by atoms with Crippen LogP contribution in [0.1, 0.15) is 25.2 Å². The number of aliphatic imine (C=N–C) groups is 1. The molecule has 0 fully saturated rings. The lowest BCUT2D eigenvalue weighted by molar-refractivity contribution is 0.204. The van der Waals surface area contributed by atoms with E-state index < -0.39 is 10.0 Å². The second-order valence-electron chi connectivity index (χ2n) is 6.45. The van der Waals surface area contributed by atoms with E-state index in [-0.39, 0.29) is 35.4 Å². The van der Waals surface area contributed by atoms with E-state index in [0.29, 0.717) is 25.7 Å². The van der Waals surface area contributed by atoms with Gasteiger partial charge in [-0.05, 0) is 24.6 Å². The Balaban J connectivity index is 0.00000480. The monoisotopic (exact) mass is 565 g/mol. The number of halogens is 1. The van der Waals surface area contributed by atoms with E-state index in [0.717, 1.165) is 30.9 Å². The maximum absolute atomic E-state index is 12.4. The molecule has 0 radical (unpaired) electrons. The summed E-state index contributed by atoms with van der Waals surface area (Å²) in [4.78, 5) is 4.77. The number of ether oxygens (including phenoxy) is 1. The summed E-state index contributed by atoms with van der Waals surface area (Å²) in [6.07, 6.45) is 2.55. The van der Waals surface area contributed by atoms with Gasteiger partial charge < -0.3 is 19.9 Å². The van der Waals surface area contributed by atoms with E-state index in [9.17, 15) is 8.42 Å². The number of rotatable bonds is 12. The minimum atomic E-state index is -3.57. The van der Waals surface area contributed by atoms with Gasteiger partial charge >= 0.3 is 0 Å². The van der Waals surface area contributed by atoms with Gasteiger partial charge in [0.25, 0.3) is 0 Å². The molecule has 0 saturated heterocycles. The van der Waals surface area contributed by atoms with Gasteiger partial charge in [0.15, 0.2) is 5.96 Å². The first-order valence-corrected chi connectivity index (χ1v) is 11.4. The molecular formula is C19H32IN7O3S. The minimum Gasteiger partial charge on any atom is -0.383 e. The van der Waals surface area contributed by atoms with E-state index >= 15 is 0 Å². The first-order valence-electron chi connectivity index (χ1n) is 9.96. The molecule has 0 spiro atoms. The molecule has 0 aliphatic carbocycles. The van der Waals surface area contributed by atoms with Crippen molar-refractivity contribution in [3.63, 3.8) is 0 Å². The molecule has 1 aromatic heterocycles. The summed E-state index contributed by atoms with van der Waals surface area (Å²) in [5.41, 5.74) is 0.800. The van der Waals surface area contributed by atoms with Gasteiger partial charge in [-0.15, -0.1) is 34.2 Å². The highest BCUT2D eigenvalue weighted by Crippen LogP contribution is 2.12. The molecule has 2 rings (SSSR count). The number of methoxy groups -OCH3 is 1. The van der Waals surface area contributed by atoms with Crippen molar-refractivity contribution < 1.29 is 13.2 Å². The summed E-state index contributed by atoms with van der Waals surface area (Å²) >= 11 is 0. The first kappa shape index (κ1) is 27.3. The van der Waals surface area contributed by atoms with E-state index in [1.165, 1.54) is 7.11 Å². The van der Waals surface area contributed by atoms with Gasteiger partial charge in [0, 0.05) is 39.7 Å². The summed E-state index contributed by atoms with van der Waals surface area (Å²) < 4.78 is 34.1. The molecule has 10 nitrogen and oxygen atoms in total. The van der Waals surface area contributed by atoms with Gasteiger partial charge in [-0.1, -0.05) is 19.1 Å². The van der Waals surface area contributed by atoms with E-state index in [4.69, 9.17) is 4.74 Å². The molecule has 2 aromatic rings. The highest BCUT2D eigenvalue weighted by Gasteiger charge is 2.13. The lowest BCUT2D eigenvalue weighted by Crippen LogP contribution is -2.38. The number of hydrogen-bond donors (Lipinski definition) is 3. The number of aromatic nitrogens is 3. The molecule has 0 bridgehead atoms. The molecule has 12 heteroatoms. The molecule has 3 N–H and O–H groups in total. The summed E-state index contributed by atoms with van der Waals surface area (Å²) in [5.74, 6) is 1.60. The zero-order valence-corrected chi connectivity index (χ0v) is 21.3. The SMILES string of the molecule is CCNC(=NCc1cccc(S(=O)(=O)NCCOC)c1)NCCn1cnnc1CC.I. The predicted octanol–water partition coefficient (Wildman–Crippen LogP) is 1.14. The van der Waals surface area contributed by atoms with Crippen LogP contribution in [0.25, 0.3) is 0 Å². The van der Waals surface area contributed by atoms with Gasteiger partial charge in [0.1, 0.15) is 12.2 Å². The number of guanidine groups is 1. The van der Waals surface area contributed by atoms with E-state index in [1.807, 2.05) is 24.5 Å². The van der Waals surface area contributed by atoms with Crippen LogP contribution in [0.2, 0.25) is 0 Å². The van der Waals surface area contributed by atoms with Crippen LogP contribution in [0.15, 0.2) is 40.5 Å². The van der Waals surface area contributed by atoms with Crippen LogP contribution >= 0.6 is 24.0 Å². The van der Waals surface area contributed by atoms with E-state index in [2.05, 4.69) is 30.5 Å². The second kappa shape index (κ2) is 14.3. The number of sulfonamides is 1. The van der Waals surface area contributed by atoms with Crippen LogP contribution in [0, 0.1) is 0 Å². The Morgan fingerprint density at radius 2 is 2.03 bits per heavy atom. The Morgan fingerprint density at radius 3 is 2.74 bits per heavy atom. The topological polar surface area (TPSA) is 123 Å². The van der Waals surface area contributed by atoms with Gasteiger partial charge in [0.05, 0.1) is 18.0 Å². The molecule has 0 aliphatic rings. The zero-order chi connectivity index (χ0) is 21.8. The van der Waals surface area contributed by atoms with Gasteiger partial charge in [-0.3, -0.25) is 0 Å². The number of hydrogen-bond acceptors (Lipinski definition) is 6. The number of nitrogens with one attached hydrogen (secondary N) is 3. The molecule has 0 aliphatic heterocycles. The van der Waals surface area contributed by atoms with Crippen LogP contribution < -0.4 is 15.4 Å². The van der Waals surface area contributed by atoms with Gasteiger partial charge in [-0.2, -0.15) is 0 Å². The molecule has 0 atom stereocenters. The first-order chi connectivity index (χ1) is 14.5. The third-order valence-electron chi connectivity index (χ3n) is 4.23. The summed E-state index contributed by atoms with van der Waals surface area (Å²) in [6.45, 7) is 7.03. The lowest BCUT2D eigenvalue weighted by atomic mass is 10.2. The Hall–Kier alpha value is -1.77. The molecule has 0 amide bonds. The standard InChI is InChI=1S/C19H31N7O3S.HI/c1-4-18-25-23-15-26(18)11-9-21-19(20-5-2)22-14-16-7-6-8-17(13-16)30(27,28)24-10-12-29-3;/h6-8,13,15,24H,4-5,9-12,14H2,1-3H3,(H2,20,21,22);1H. The van der Waals surface area contributed by atoms with Gasteiger partial charge in [0.2, 0.25) is 10.0 Å². The molecule has 31 heavy (non-hydrogen) atoms. The van der Waals surface area contributed by atoms with Crippen LogP contribution in [0.4, 0.5) is 0 Å². The average molecular weight is 565 g/mol. The Kier molecular flexibility index (Phi) is 12.6. The molecule has 1 heterocycles. The fraction of sp³-hybridized carbons (Fsp3) is 0.526. The molecule has 0 saturated carbocycles. The van der Waals surface area contributed by atoms with Crippen LogP contribution in [-0.2, 0) is 34.3 Å². The van der Waals surface area contributed by atoms with Crippen molar-refractivity contribution in [1.82, 2.24) is 30.1 Å². The molecule has 0 unspecified atom stereocenters. The third-order valence-corrected chi connectivity index (χ3v) is 5.69. The smallest absolute Gasteiger partial charge is 0.240 e. The quantitative estimate of drug-likeness (QED) is 0.153. The van der Waals surface area contributed by atoms with Crippen LogP contribution in [0.3, 0.4) is 0 Å². The summed E-state index contributed by atoms with van der Waals surface area (Å²) in [5, 5.41) is 14.5. The molecule has 174 valence electrons. The van der Waals surface area contributed by atoms with Gasteiger partial charge in [-0.25, -0.2) is 18.1 Å². The number of aryl methyl sites for hydroxylation is 1. The van der Waals surface area contributed by atoms with E-state index in [1.54, 1.807) is 24.5 Å². The highest BCUT2D eigenvalue weighted by molar-refractivity contribution is 14.0. The van der Waals surface area contributed by atoms with Crippen LogP contribution in [-0.4, -0.2) is 62.5 Å². The number of nitrogens with zero attached hydrogens (tertiary/aromatic N) is 4. The van der Waals surface area contributed by atoms with Crippen molar-refractivity contribution in [2.75, 3.05) is 33.4 Å². The fourth-order valence-corrected chi connectivity index (χ4v) is 3.80. The van der Waals surface area contributed by atoms with Crippen molar-refractivity contribution in [2.45, 2.75) is 38.3 Å². The maximum atomic E-state index is 12.4. The Labute approximate surface area is 201 Å². The van der Waals surface area contributed by atoms with Crippen molar-refractivity contribution in [3.8, 4) is 0 Å². The number of benzene rings is 1. The summed E-state index contributed by atoms with van der Waals surface area (Å²) in [6, 6.07) is 6.77. The van der Waals surface area contributed by atoms with Crippen molar-refractivity contribution in [3.05, 3.63) is 42.0 Å². The predicted molar refractivity (Wildman–Crippen MR) is 131 cm³/mol. The molecular weight excluding hydrogens is 533 g/mol. The largest absolute Gasteiger partial charge is 0.383 e. The fourth-order valence-electron chi connectivity index (χ4n) is 2.72. The third kappa shape index (κ3) is 9.09. The minimum absolute atomic E-state index is 0. The average Bonchev–Trinajstić information content (AvgIpc) is 3.20.